The fourth-order valence-corrected chi connectivity index (χ4v) is 1.33. The van der Waals surface area contributed by atoms with Crippen molar-refractivity contribution in [2.45, 2.75) is 31.6 Å². The van der Waals surface area contributed by atoms with E-state index in [0.29, 0.717) is 6.42 Å². The molecule has 3 unspecified atom stereocenters. The predicted octanol–water partition coefficient (Wildman–Crippen LogP) is -1.13. The molecular weight excluding hydrogens is 228 g/mol. The third kappa shape index (κ3) is 6.67. The van der Waals surface area contributed by atoms with Gasteiger partial charge in [-0.3, -0.25) is 5.43 Å². The van der Waals surface area contributed by atoms with Gasteiger partial charge in [-0.2, -0.15) is 5.10 Å². The lowest BCUT2D eigenvalue weighted by Crippen LogP contribution is -2.42. The number of thiocarbonyl (C=S) groups is 1. The van der Waals surface area contributed by atoms with E-state index >= 15 is 0 Å². The van der Waals surface area contributed by atoms with Gasteiger partial charge >= 0.3 is 0 Å². The van der Waals surface area contributed by atoms with Gasteiger partial charge in [0.1, 0.15) is 6.10 Å². The van der Waals surface area contributed by atoms with Gasteiger partial charge in [-0.05, 0) is 39.7 Å². The molecule has 0 aromatic carbocycles. The lowest BCUT2D eigenvalue weighted by atomic mass is 10.0. The molecule has 0 amide bonds. The van der Waals surface area contributed by atoms with Gasteiger partial charge in [0.15, 0.2) is 5.11 Å². The van der Waals surface area contributed by atoms with E-state index in [1.807, 2.05) is 19.0 Å². The van der Waals surface area contributed by atoms with Gasteiger partial charge in [-0.1, -0.05) is 0 Å². The minimum Gasteiger partial charge on any atom is -0.393 e. The Morgan fingerprint density at radius 3 is 2.50 bits per heavy atom. The van der Waals surface area contributed by atoms with Crippen LogP contribution in [-0.2, 0) is 0 Å². The SMILES string of the molecule is CC(O)CC(C(O)C=NNC(N)=S)N(C)C. The topological polar surface area (TPSA) is 94.1 Å². The van der Waals surface area contributed by atoms with Crippen LogP contribution in [0.4, 0.5) is 0 Å². The third-order valence-electron chi connectivity index (χ3n) is 2.04. The van der Waals surface area contributed by atoms with E-state index < -0.39 is 12.2 Å². The first-order valence-corrected chi connectivity index (χ1v) is 5.36. The van der Waals surface area contributed by atoms with Crippen molar-refractivity contribution >= 4 is 23.5 Å². The standard InChI is InChI=1S/C9H20N4O2S/c1-6(14)4-7(13(2)3)8(15)5-11-12-9(10)16/h5-8,14-15H,4H2,1-3H3,(H3,10,12,16). The quantitative estimate of drug-likeness (QED) is 0.270. The number of hydrogen-bond acceptors (Lipinski definition) is 5. The molecule has 7 heteroatoms. The normalized spacial score (nSPS) is 17.4. The number of rotatable bonds is 6. The van der Waals surface area contributed by atoms with Crippen LogP contribution >= 0.6 is 12.2 Å². The summed E-state index contributed by atoms with van der Waals surface area (Å²) in [6.07, 6.45) is 0.477. The molecule has 0 aliphatic rings. The Morgan fingerprint density at radius 1 is 1.56 bits per heavy atom. The van der Waals surface area contributed by atoms with Crippen molar-refractivity contribution in [3.8, 4) is 0 Å². The molecule has 0 fully saturated rings. The summed E-state index contributed by atoms with van der Waals surface area (Å²) in [5.74, 6) is 0. The summed E-state index contributed by atoms with van der Waals surface area (Å²) in [6.45, 7) is 1.67. The van der Waals surface area contributed by atoms with Gasteiger partial charge in [-0.15, -0.1) is 0 Å². The van der Waals surface area contributed by atoms with Crippen LogP contribution in [0.2, 0.25) is 0 Å². The minimum absolute atomic E-state index is 0.0420. The molecule has 0 bridgehead atoms. The van der Waals surface area contributed by atoms with E-state index in [1.165, 1.54) is 6.21 Å². The van der Waals surface area contributed by atoms with Gasteiger partial charge in [-0.25, -0.2) is 0 Å². The van der Waals surface area contributed by atoms with Crippen LogP contribution in [0.15, 0.2) is 5.10 Å². The summed E-state index contributed by atoms with van der Waals surface area (Å²) in [5.41, 5.74) is 7.53. The van der Waals surface area contributed by atoms with Gasteiger partial charge in [0, 0.05) is 6.04 Å². The first-order valence-electron chi connectivity index (χ1n) is 4.95. The summed E-state index contributed by atoms with van der Waals surface area (Å²) < 4.78 is 0. The molecule has 0 aromatic heterocycles. The first kappa shape index (κ1) is 15.2. The van der Waals surface area contributed by atoms with Crippen LogP contribution in [0.3, 0.4) is 0 Å². The molecule has 0 rings (SSSR count). The van der Waals surface area contributed by atoms with Crippen molar-refractivity contribution in [3.05, 3.63) is 0 Å². The van der Waals surface area contributed by atoms with Crippen LogP contribution in [0.25, 0.3) is 0 Å². The summed E-state index contributed by atoms with van der Waals surface area (Å²) in [6, 6.07) is -0.211. The minimum atomic E-state index is -0.800. The summed E-state index contributed by atoms with van der Waals surface area (Å²) in [7, 11) is 3.65. The molecule has 0 saturated carbocycles. The highest BCUT2D eigenvalue weighted by atomic mass is 32.1. The molecule has 0 spiro atoms. The fraction of sp³-hybridized carbons (Fsp3) is 0.778. The van der Waals surface area contributed by atoms with E-state index in [1.54, 1.807) is 6.92 Å². The highest BCUT2D eigenvalue weighted by molar-refractivity contribution is 7.80. The largest absolute Gasteiger partial charge is 0.393 e. The zero-order valence-corrected chi connectivity index (χ0v) is 10.6. The molecule has 6 nitrogen and oxygen atoms in total. The smallest absolute Gasteiger partial charge is 0.184 e. The number of nitrogens with zero attached hydrogens (tertiary/aromatic N) is 2. The van der Waals surface area contributed by atoms with Crippen LogP contribution in [0.1, 0.15) is 13.3 Å². The predicted molar refractivity (Wildman–Crippen MR) is 68.2 cm³/mol. The molecule has 94 valence electrons. The number of aliphatic hydroxyl groups is 2. The van der Waals surface area contributed by atoms with Crippen molar-refractivity contribution < 1.29 is 10.2 Å². The van der Waals surface area contributed by atoms with E-state index in [-0.39, 0.29) is 11.2 Å². The molecule has 5 N–H and O–H groups in total. The second kappa shape index (κ2) is 7.50. The summed E-state index contributed by atoms with van der Waals surface area (Å²) >= 11 is 4.56. The Labute approximate surface area is 101 Å². The van der Waals surface area contributed by atoms with Crippen molar-refractivity contribution in [3.63, 3.8) is 0 Å². The number of hydrogen-bond donors (Lipinski definition) is 4. The Kier molecular flexibility index (Phi) is 7.15. The number of aliphatic hydroxyl groups excluding tert-OH is 2. The lowest BCUT2D eigenvalue weighted by Gasteiger charge is -2.27. The van der Waals surface area contributed by atoms with Crippen molar-refractivity contribution in [2.75, 3.05) is 14.1 Å². The second-order valence-electron chi connectivity index (χ2n) is 3.86. The average molecular weight is 248 g/mol. The number of nitrogens with one attached hydrogen (secondary N) is 1. The molecule has 0 aliphatic heterocycles. The molecule has 0 aliphatic carbocycles. The van der Waals surface area contributed by atoms with Gasteiger partial charge < -0.3 is 20.8 Å². The third-order valence-corrected chi connectivity index (χ3v) is 2.13. The zero-order valence-electron chi connectivity index (χ0n) is 9.79. The monoisotopic (exact) mass is 248 g/mol. The van der Waals surface area contributed by atoms with Gasteiger partial charge in [0.2, 0.25) is 0 Å². The van der Waals surface area contributed by atoms with Gasteiger partial charge in [0.25, 0.3) is 0 Å². The molecule has 0 saturated heterocycles. The highest BCUT2D eigenvalue weighted by Crippen LogP contribution is 2.07. The molecule has 0 radical (unpaired) electrons. The van der Waals surface area contributed by atoms with E-state index in [2.05, 4.69) is 22.7 Å². The van der Waals surface area contributed by atoms with Crippen LogP contribution in [0.5, 0.6) is 0 Å². The van der Waals surface area contributed by atoms with Crippen molar-refractivity contribution in [2.24, 2.45) is 10.8 Å². The average Bonchev–Trinajstić information content (AvgIpc) is 2.12. The maximum atomic E-state index is 9.81. The lowest BCUT2D eigenvalue weighted by molar-refractivity contribution is 0.0779. The molecule has 0 aromatic rings. The molecule has 3 atom stereocenters. The fourth-order valence-electron chi connectivity index (χ4n) is 1.28. The Bertz CT molecular complexity index is 246. The van der Waals surface area contributed by atoms with Crippen LogP contribution < -0.4 is 11.2 Å². The van der Waals surface area contributed by atoms with Crippen LogP contribution in [0, 0.1) is 0 Å². The zero-order chi connectivity index (χ0) is 12.7. The summed E-state index contributed by atoms with van der Waals surface area (Å²) in [5, 5.41) is 22.8. The van der Waals surface area contributed by atoms with E-state index in [4.69, 9.17) is 5.73 Å². The Balaban J connectivity index is 4.32. The maximum Gasteiger partial charge on any atom is 0.184 e. The van der Waals surface area contributed by atoms with Crippen molar-refractivity contribution in [1.82, 2.24) is 10.3 Å². The second-order valence-corrected chi connectivity index (χ2v) is 4.30. The summed E-state index contributed by atoms with van der Waals surface area (Å²) in [4.78, 5) is 1.82. The van der Waals surface area contributed by atoms with E-state index in [9.17, 15) is 10.2 Å². The first-order chi connectivity index (χ1) is 7.34. The Hall–Kier alpha value is -0.760. The molecule has 16 heavy (non-hydrogen) atoms. The highest BCUT2D eigenvalue weighted by Gasteiger charge is 2.21. The number of nitrogens with two attached hydrogens (primary N) is 1. The molecular formula is C9H20N4O2S. The van der Waals surface area contributed by atoms with Gasteiger partial charge in [0.05, 0.1) is 12.3 Å². The van der Waals surface area contributed by atoms with Crippen molar-refractivity contribution in [1.29, 1.82) is 0 Å². The Morgan fingerprint density at radius 2 is 2.12 bits per heavy atom. The number of hydrazone groups is 1. The van der Waals surface area contributed by atoms with E-state index in [0.717, 1.165) is 0 Å². The maximum absolute atomic E-state index is 9.81. The molecule has 0 heterocycles. The number of likely N-dealkylation sites (N-methyl/N-ethyl adjacent to an activating group) is 1. The van der Waals surface area contributed by atoms with Crippen LogP contribution in [-0.4, -0.2) is 58.8 Å².